The van der Waals surface area contributed by atoms with Crippen LogP contribution < -0.4 is 5.69 Å². The van der Waals surface area contributed by atoms with Gasteiger partial charge in [-0.3, -0.25) is 4.57 Å². The van der Waals surface area contributed by atoms with Crippen molar-refractivity contribution in [3.05, 3.63) is 26.2 Å². The lowest BCUT2D eigenvalue weighted by Gasteiger charge is -2.17. The molecule has 2 rings (SSSR count). The average Bonchev–Trinajstić information content (AvgIpc) is 2.87. The molecule has 0 spiro atoms. The largest absolute Gasteiger partial charge is 0.327 e. The zero-order chi connectivity index (χ0) is 19.9. The van der Waals surface area contributed by atoms with E-state index in [0.717, 1.165) is 18.4 Å². The quantitative estimate of drug-likeness (QED) is 0.289. The number of halogens is 2. The summed E-state index contributed by atoms with van der Waals surface area (Å²) in [5, 5.41) is 0.387. The summed E-state index contributed by atoms with van der Waals surface area (Å²) in [6, 6.07) is 1.81. The van der Waals surface area contributed by atoms with E-state index in [2.05, 4.69) is 46.7 Å². The molecule has 0 radical (unpaired) electrons. The number of pyridine rings is 1. The smallest absolute Gasteiger partial charge is 0.304 e. The van der Waals surface area contributed by atoms with Gasteiger partial charge in [-0.2, -0.15) is 0 Å². The molecule has 0 aliphatic heterocycles. The number of H-pyrrole nitrogens is 1. The van der Waals surface area contributed by atoms with Crippen molar-refractivity contribution in [2.45, 2.75) is 91.5 Å². The number of hydrogen-bond acceptors (Lipinski definition) is 2. The number of fused-ring (bicyclic) bond motifs is 1. The van der Waals surface area contributed by atoms with Gasteiger partial charge in [-0.05, 0) is 40.3 Å². The first-order valence-electron chi connectivity index (χ1n) is 10.2. The number of hydrogen-bond donors (Lipinski definition) is 1. The molecule has 0 atom stereocenters. The van der Waals surface area contributed by atoms with E-state index in [4.69, 9.17) is 11.6 Å². The molecular formula is C21H33BrClN3O. The predicted molar refractivity (Wildman–Crippen MR) is 119 cm³/mol. The van der Waals surface area contributed by atoms with Crippen LogP contribution in [0.1, 0.15) is 85.0 Å². The van der Waals surface area contributed by atoms with Crippen molar-refractivity contribution in [1.82, 2.24) is 14.5 Å². The van der Waals surface area contributed by atoms with Crippen LogP contribution in [-0.2, 0) is 6.54 Å². The summed E-state index contributed by atoms with van der Waals surface area (Å²) in [6.07, 6.45) is 12.8. The summed E-state index contributed by atoms with van der Waals surface area (Å²) in [5.74, 6) is 0. The van der Waals surface area contributed by atoms with E-state index in [1.807, 2.05) is 6.07 Å². The van der Waals surface area contributed by atoms with Gasteiger partial charge in [0, 0.05) is 6.54 Å². The maximum atomic E-state index is 12.1. The number of aromatic nitrogens is 3. The van der Waals surface area contributed by atoms with Crippen molar-refractivity contribution in [1.29, 1.82) is 0 Å². The van der Waals surface area contributed by atoms with Crippen molar-refractivity contribution in [3.63, 3.8) is 0 Å². The normalized spacial score (nSPS) is 12.2. The molecule has 0 saturated carbocycles. The van der Waals surface area contributed by atoms with Gasteiger partial charge in [0.1, 0.15) is 5.15 Å². The fraction of sp³-hybridized carbons (Fsp3) is 0.714. The van der Waals surface area contributed by atoms with Crippen LogP contribution in [0.4, 0.5) is 0 Å². The second-order valence-electron chi connectivity index (χ2n) is 8.71. The zero-order valence-electron chi connectivity index (χ0n) is 16.9. The molecule has 2 aromatic rings. The van der Waals surface area contributed by atoms with Crippen LogP contribution in [0.15, 0.2) is 15.3 Å². The van der Waals surface area contributed by atoms with Crippen molar-refractivity contribution in [2.75, 3.05) is 0 Å². The summed E-state index contributed by atoms with van der Waals surface area (Å²) in [4.78, 5) is 19.3. The lowest BCUT2D eigenvalue weighted by atomic mass is 9.89. The molecule has 2 aromatic heterocycles. The number of rotatable bonds is 11. The molecule has 0 fully saturated rings. The lowest BCUT2D eigenvalue weighted by Crippen LogP contribution is -2.17. The summed E-state index contributed by atoms with van der Waals surface area (Å²) in [5.41, 5.74) is 1.73. The summed E-state index contributed by atoms with van der Waals surface area (Å²) >= 11 is 9.41. The highest BCUT2D eigenvalue weighted by Crippen LogP contribution is 2.24. The topological polar surface area (TPSA) is 50.7 Å². The third kappa shape index (κ3) is 7.61. The molecule has 0 aromatic carbocycles. The van der Waals surface area contributed by atoms with E-state index in [0.29, 0.717) is 27.2 Å². The number of nitrogens with zero attached hydrogens (tertiary/aromatic N) is 2. The summed E-state index contributed by atoms with van der Waals surface area (Å²) in [6.45, 7) is 7.65. The maximum absolute atomic E-state index is 12.1. The highest BCUT2D eigenvalue weighted by Gasteiger charge is 2.11. The van der Waals surface area contributed by atoms with Gasteiger partial charge in [0.25, 0.3) is 0 Å². The minimum Gasteiger partial charge on any atom is -0.304 e. The van der Waals surface area contributed by atoms with Crippen LogP contribution >= 0.6 is 27.5 Å². The molecular weight excluding hydrogens is 426 g/mol. The van der Waals surface area contributed by atoms with E-state index in [1.165, 1.54) is 51.4 Å². The molecule has 27 heavy (non-hydrogen) atoms. The highest BCUT2D eigenvalue weighted by molar-refractivity contribution is 9.10. The molecule has 0 aliphatic rings. The minimum atomic E-state index is -0.109. The third-order valence-electron chi connectivity index (χ3n) is 4.96. The number of aromatic amines is 1. The molecule has 0 bridgehead atoms. The Hall–Kier alpha value is -0.810. The molecule has 0 amide bonds. The number of unbranched alkanes of at least 4 members (excludes halogenated alkanes) is 8. The Morgan fingerprint density at radius 1 is 1.04 bits per heavy atom. The molecule has 6 heteroatoms. The molecule has 0 saturated heterocycles. The van der Waals surface area contributed by atoms with E-state index < -0.39 is 0 Å². The monoisotopic (exact) mass is 457 g/mol. The third-order valence-corrected chi connectivity index (χ3v) is 6.08. The van der Waals surface area contributed by atoms with Crippen LogP contribution in [-0.4, -0.2) is 14.5 Å². The van der Waals surface area contributed by atoms with Crippen LogP contribution in [0.2, 0.25) is 5.15 Å². The number of aryl methyl sites for hydroxylation is 1. The van der Waals surface area contributed by atoms with Crippen LogP contribution in [0, 0.1) is 5.41 Å². The first kappa shape index (κ1) is 22.5. The standard InChI is InChI=1S/C21H33BrClN3O/c1-21(2,3)13-11-9-7-5-4-6-8-10-12-14-26-19-17(24-20(26)27)15-16(22)18(23)25-19/h15H,4-14H2,1-3H3,(H,24,27). The van der Waals surface area contributed by atoms with Gasteiger partial charge in [-0.15, -0.1) is 0 Å². The Balaban J connectivity index is 1.60. The Morgan fingerprint density at radius 2 is 1.59 bits per heavy atom. The van der Waals surface area contributed by atoms with Crippen LogP contribution in [0.3, 0.4) is 0 Å². The fourth-order valence-electron chi connectivity index (χ4n) is 3.40. The lowest BCUT2D eigenvalue weighted by molar-refractivity contribution is 0.356. The molecule has 4 nitrogen and oxygen atoms in total. The van der Waals surface area contributed by atoms with E-state index >= 15 is 0 Å². The Kier molecular flexibility index (Phi) is 8.87. The van der Waals surface area contributed by atoms with Gasteiger partial charge in [0.05, 0.1) is 9.99 Å². The van der Waals surface area contributed by atoms with Crippen molar-refractivity contribution < 1.29 is 0 Å². The minimum absolute atomic E-state index is 0.109. The van der Waals surface area contributed by atoms with Gasteiger partial charge in [-0.1, -0.05) is 83.7 Å². The van der Waals surface area contributed by atoms with Crippen molar-refractivity contribution in [2.24, 2.45) is 5.41 Å². The van der Waals surface area contributed by atoms with Gasteiger partial charge in [-0.25, -0.2) is 9.78 Å². The molecule has 152 valence electrons. The number of nitrogens with one attached hydrogen (secondary N) is 1. The zero-order valence-corrected chi connectivity index (χ0v) is 19.3. The SMILES string of the molecule is CC(C)(C)CCCCCCCCCCCn1c(=O)[nH]c2cc(Br)c(Cl)nc21. The molecule has 1 N–H and O–H groups in total. The van der Waals surface area contributed by atoms with Crippen LogP contribution in [0.5, 0.6) is 0 Å². The Labute approximate surface area is 176 Å². The Morgan fingerprint density at radius 3 is 2.19 bits per heavy atom. The Bertz CT molecular complexity index is 776. The molecule has 2 heterocycles. The second-order valence-corrected chi connectivity index (χ2v) is 9.92. The van der Waals surface area contributed by atoms with Gasteiger partial charge >= 0.3 is 5.69 Å². The summed E-state index contributed by atoms with van der Waals surface area (Å²) < 4.78 is 2.39. The highest BCUT2D eigenvalue weighted by atomic mass is 79.9. The van der Waals surface area contributed by atoms with Gasteiger partial charge in [0.15, 0.2) is 5.65 Å². The van der Waals surface area contributed by atoms with Crippen molar-refractivity contribution in [3.8, 4) is 0 Å². The van der Waals surface area contributed by atoms with Gasteiger partial charge < -0.3 is 4.98 Å². The average molecular weight is 459 g/mol. The fourth-order valence-corrected chi connectivity index (χ4v) is 3.86. The first-order chi connectivity index (χ1) is 12.8. The van der Waals surface area contributed by atoms with E-state index in [-0.39, 0.29) is 5.69 Å². The molecule has 0 aliphatic carbocycles. The summed E-state index contributed by atoms with van der Waals surface area (Å²) in [7, 11) is 0. The van der Waals surface area contributed by atoms with Crippen molar-refractivity contribution >= 4 is 38.7 Å². The van der Waals surface area contributed by atoms with Crippen LogP contribution in [0.25, 0.3) is 11.2 Å². The molecule has 0 unspecified atom stereocenters. The first-order valence-corrected chi connectivity index (χ1v) is 11.4. The number of imidazole rings is 1. The predicted octanol–water partition coefficient (Wildman–Crippen LogP) is 7.09. The van der Waals surface area contributed by atoms with E-state index in [1.54, 1.807) is 4.57 Å². The van der Waals surface area contributed by atoms with Gasteiger partial charge in [0.2, 0.25) is 0 Å². The maximum Gasteiger partial charge on any atom is 0.327 e. The second kappa shape index (κ2) is 10.7. The van der Waals surface area contributed by atoms with E-state index in [9.17, 15) is 4.79 Å².